The zero-order valence-electron chi connectivity index (χ0n) is 10.9. The van der Waals surface area contributed by atoms with Crippen LogP contribution in [0.4, 0.5) is 0 Å². The van der Waals surface area contributed by atoms with Gasteiger partial charge in [-0.15, -0.1) is 11.8 Å². The maximum Gasteiger partial charge on any atom is 0.0840 e. The molecule has 0 aromatic carbocycles. The Morgan fingerprint density at radius 2 is 1.88 bits per heavy atom. The Bertz CT molecular complexity index is 243. The lowest BCUT2D eigenvalue weighted by molar-refractivity contribution is -0.0497. The predicted octanol–water partition coefficient (Wildman–Crippen LogP) is 2.73. The Balaban J connectivity index is 2.75. The van der Waals surface area contributed by atoms with Crippen molar-refractivity contribution in [2.45, 2.75) is 63.5 Å². The highest BCUT2D eigenvalue weighted by Crippen LogP contribution is 2.33. The number of hydrogen-bond donors (Lipinski definition) is 1. The highest BCUT2D eigenvalue weighted by atomic mass is 16.5. The molecule has 0 saturated heterocycles. The van der Waals surface area contributed by atoms with Crippen LogP contribution in [-0.4, -0.2) is 25.8 Å². The Morgan fingerprint density at radius 1 is 1.25 bits per heavy atom. The molecule has 0 heterocycles. The zero-order valence-corrected chi connectivity index (χ0v) is 10.9. The van der Waals surface area contributed by atoms with Gasteiger partial charge >= 0.3 is 0 Å². The van der Waals surface area contributed by atoms with Gasteiger partial charge < -0.3 is 10.1 Å². The highest BCUT2D eigenvalue weighted by molar-refractivity contribution is 5.04. The standard InChI is InChI=1S/C14H25NO/c1-4-5-10-13(15-2)14(16-3)11-8-6-7-9-12-14/h13,15H,6-12H2,1-3H3. The van der Waals surface area contributed by atoms with Crippen LogP contribution in [0.3, 0.4) is 0 Å². The third kappa shape index (κ3) is 3.23. The second-order valence-corrected chi connectivity index (χ2v) is 4.66. The molecular formula is C14H25NO. The molecule has 1 saturated carbocycles. The minimum atomic E-state index is 0.00903. The Kier molecular flexibility index (Phi) is 5.87. The molecule has 0 bridgehead atoms. The van der Waals surface area contributed by atoms with E-state index >= 15 is 0 Å². The quantitative estimate of drug-likeness (QED) is 0.584. The number of methoxy groups -OCH3 is 1. The van der Waals surface area contributed by atoms with E-state index in [-0.39, 0.29) is 5.60 Å². The third-order valence-corrected chi connectivity index (χ3v) is 3.82. The Hall–Kier alpha value is -0.520. The molecule has 0 aliphatic heterocycles. The number of hydrogen-bond acceptors (Lipinski definition) is 2. The molecule has 92 valence electrons. The van der Waals surface area contributed by atoms with Crippen LogP contribution in [0.1, 0.15) is 51.9 Å². The number of rotatable bonds is 4. The van der Waals surface area contributed by atoms with Gasteiger partial charge in [-0.05, 0) is 26.8 Å². The van der Waals surface area contributed by atoms with Crippen molar-refractivity contribution in [2.24, 2.45) is 0 Å². The van der Waals surface area contributed by atoms with Crippen molar-refractivity contribution in [1.29, 1.82) is 0 Å². The first-order valence-corrected chi connectivity index (χ1v) is 6.41. The molecule has 0 amide bonds. The Morgan fingerprint density at radius 3 is 2.31 bits per heavy atom. The van der Waals surface area contributed by atoms with Gasteiger partial charge in [0.1, 0.15) is 0 Å². The summed E-state index contributed by atoms with van der Waals surface area (Å²) in [7, 11) is 3.88. The van der Waals surface area contributed by atoms with Crippen molar-refractivity contribution >= 4 is 0 Å². The first-order valence-electron chi connectivity index (χ1n) is 6.41. The number of likely N-dealkylation sites (N-methyl/N-ethyl adjacent to an activating group) is 1. The molecule has 1 atom stereocenters. The molecule has 1 N–H and O–H groups in total. The van der Waals surface area contributed by atoms with Gasteiger partial charge in [0.25, 0.3) is 0 Å². The maximum absolute atomic E-state index is 5.88. The largest absolute Gasteiger partial charge is 0.377 e. The van der Waals surface area contributed by atoms with Crippen molar-refractivity contribution in [1.82, 2.24) is 5.32 Å². The van der Waals surface area contributed by atoms with E-state index in [1.54, 1.807) is 0 Å². The molecule has 0 spiro atoms. The van der Waals surface area contributed by atoms with Gasteiger partial charge in [0.05, 0.1) is 5.60 Å². The fourth-order valence-corrected chi connectivity index (χ4v) is 2.78. The summed E-state index contributed by atoms with van der Waals surface area (Å²) < 4.78 is 5.88. The van der Waals surface area contributed by atoms with Crippen molar-refractivity contribution < 1.29 is 4.74 Å². The van der Waals surface area contributed by atoms with Crippen LogP contribution in [-0.2, 0) is 4.74 Å². The first kappa shape index (κ1) is 13.5. The molecule has 1 fully saturated rings. The molecule has 2 heteroatoms. The van der Waals surface area contributed by atoms with E-state index in [1.165, 1.54) is 38.5 Å². The molecule has 1 unspecified atom stereocenters. The summed E-state index contributed by atoms with van der Waals surface area (Å²) in [5, 5.41) is 3.40. The molecule has 1 aliphatic carbocycles. The van der Waals surface area contributed by atoms with Gasteiger partial charge in [0.2, 0.25) is 0 Å². The summed E-state index contributed by atoms with van der Waals surface area (Å²) in [6.07, 6.45) is 8.49. The summed E-state index contributed by atoms with van der Waals surface area (Å²) in [5.41, 5.74) is 0.00903. The summed E-state index contributed by atoms with van der Waals surface area (Å²) in [6, 6.07) is 0.364. The predicted molar refractivity (Wildman–Crippen MR) is 68.4 cm³/mol. The van der Waals surface area contributed by atoms with E-state index in [9.17, 15) is 0 Å². The SMILES string of the molecule is CC#CCC(NC)C1(OC)CCCCCC1. The van der Waals surface area contributed by atoms with E-state index in [1.807, 2.05) is 21.1 Å². The average Bonchev–Trinajstić information content (AvgIpc) is 2.56. The normalized spacial score (nSPS) is 21.7. The van der Waals surface area contributed by atoms with Crippen LogP contribution in [0, 0.1) is 11.8 Å². The van der Waals surface area contributed by atoms with E-state index in [0.29, 0.717) is 6.04 Å². The fourth-order valence-electron chi connectivity index (χ4n) is 2.78. The third-order valence-electron chi connectivity index (χ3n) is 3.82. The van der Waals surface area contributed by atoms with Gasteiger partial charge in [-0.1, -0.05) is 25.7 Å². The lowest BCUT2D eigenvalue weighted by atomic mass is 9.84. The van der Waals surface area contributed by atoms with Crippen LogP contribution >= 0.6 is 0 Å². The van der Waals surface area contributed by atoms with Crippen molar-refractivity contribution in [3.63, 3.8) is 0 Å². The summed E-state index contributed by atoms with van der Waals surface area (Å²) in [4.78, 5) is 0. The van der Waals surface area contributed by atoms with Crippen molar-refractivity contribution in [3.05, 3.63) is 0 Å². The van der Waals surface area contributed by atoms with Crippen LogP contribution in [0.15, 0.2) is 0 Å². The fraction of sp³-hybridized carbons (Fsp3) is 0.857. The lowest BCUT2D eigenvalue weighted by Gasteiger charge is -2.38. The lowest BCUT2D eigenvalue weighted by Crippen LogP contribution is -2.50. The van der Waals surface area contributed by atoms with Crippen LogP contribution in [0.5, 0.6) is 0 Å². The minimum absolute atomic E-state index is 0.00903. The number of nitrogens with one attached hydrogen (secondary N) is 1. The molecule has 0 radical (unpaired) electrons. The van der Waals surface area contributed by atoms with Gasteiger partial charge in [-0.3, -0.25) is 0 Å². The molecule has 2 nitrogen and oxygen atoms in total. The second kappa shape index (κ2) is 6.93. The first-order chi connectivity index (χ1) is 7.79. The maximum atomic E-state index is 5.88. The van der Waals surface area contributed by atoms with Gasteiger partial charge in [0, 0.05) is 19.6 Å². The number of ether oxygens (including phenoxy) is 1. The Labute approximate surface area is 100 Å². The van der Waals surface area contributed by atoms with Gasteiger partial charge in [0.15, 0.2) is 0 Å². The minimum Gasteiger partial charge on any atom is -0.377 e. The zero-order chi connectivity index (χ0) is 11.9. The summed E-state index contributed by atoms with van der Waals surface area (Å²) in [6.45, 7) is 1.90. The summed E-state index contributed by atoms with van der Waals surface area (Å²) in [5.74, 6) is 6.17. The smallest absolute Gasteiger partial charge is 0.0840 e. The van der Waals surface area contributed by atoms with E-state index in [4.69, 9.17) is 4.74 Å². The van der Waals surface area contributed by atoms with E-state index in [2.05, 4.69) is 17.2 Å². The van der Waals surface area contributed by atoms with E-state index in [0.717, 1.165) is 6.42 Å². The second-order valence-electron chi connectivity index (χ2n) is 4.66. The monoisotopic (exact) mass is 223 g/mol. The van der Waals surface area contributed by atoms with Gasteiger partial charge in [-0.2, -0.15) is 0 Å². The van der Waals surface area contributed by atoms with Crippen LogP contribution in [0.25, 0.3) is 0 Å². The van der Waals surface area contributed by atoms with E-state index < -0.39 is 0 Å². The summed E-state index contributed by atoms with van der Waals surface area (Å²) >= 11 is 0. The molecule has 16 heavy (non-hydrogen) atoms. The molecule has 1 rings (SSSR count). The van der Waals surface area contributed by atoms with Crippen molar-refractivity contribution in [3.8, 4) is 11.8 Å². The van der Waals surface area contributed by atoms with Crippen LogP contribution < -0.4 is 5.32 Å². The molecule has 0 aromatic heterocycles. The highest BCUT2D eigenvalue weighted by Gasteiger charge is 2.37. The van der Waals surface area contributed by atoms with Crippen molar-refractivity contribution in [2.75, 3.05) is 14.2 Å². The van der Waals surface area contributed by atoms with Crippen LogP contribution in [0.2, 0.25) is 0 Å². The molecular weight excluding hydrogens is 198 g/mol. The van der Waals surface area contributed by atoms with Gasteiger partial charge in [-0.25, -0.2) is 0 Å². The average molecular weight is 223 g/mol. The topological polar surface area (TPSA) is 21.3 Å². The molecule has 0 aromatic rings. The molecule has 1 aliphatic rings.